The molecular formula is C43H82NO8P. The first-order valence-corrected chi connectivity index (χ1v) is 23.1. The zero-order valence-electron chi connectivity index (χ0n) is 34.7. The highest BCUT2D eigenvalue weighted by atomic mass is 31.2. The van der Waals surface area contributed by atoms with E-state index in [4.69, 9.17) is 23.0 Å². The van der Waals surface area contributed by atoms with Crippen LogP contribution in [0.4, 0.5) is 0 Å². The van der Waals surface area contributed by atoms with Gasteiger partial charge in [-0.1, -0.05) is 141 Å². The van der Waals surface area contributed by atoms with Gasteiger partial charge in [-0.15, -0.1) is 0 Å². The summed E-state index contributed by atoms with van der Waals surface area (Å²) in [6.07, 6.45) is 39.7. The molecule has 0 aliphatic carbocycles. The van der Waals surface area contributed by atoms with Crippen molar-refractivity contribution in [3.63, 3.8) is 0 Å². The molecule has 0 aliphatic heterocycles. The van der Waals surface area contributed by atoms with E-state index in [1.54, 1.807) is 7.05 Å². The zero-order valence-corrected chi connectivity index (χ0v) is 35.6. The SMILES string of the molecule is CCCCCCCC/C=C\CCCCCCCC(=O)OCC(COP(=O)(OC)OCCNC)OC(=O)CCCCCCC/C=C\CCCCCCCC. The molecule has 0 fully saturated rings. The zero-order chi connectivity index (χ0) is 38.9. The highest BCUT2D eigenvalue weighted by Gasteiger charge is 2.28. The molecule has 0 spiro atoms. The molecule has 0 saturated carbocycles. The standard InChI is InChI=1S/C43H82NO8P/c1-5-7-9-11-13-15-17-19-21-23-25-27-29-31-33-35-42(45)49-39-41(40-51-53(47,48-4)50-38-37-44-3)52-43(46)36-34-32-30-28-26-24-22-20-18-16-14-12-10-8-6-2/h19-22,41,44H,5-18,23-40H2,1-4H3/b21-19-,22-20-. The van der Waals surface area contributed by atoms with Crippen LogP contribution in [-0.2, 0) is 37.2 Å². The minimum absolute atomic E-state index is 0.118. The Balaban J connectivity index is 4.35. The fraction of sp³-hybridized carbons (Fsp3) is 0.860. The van der Waals surface area contributed by atoms with E-state index in [0.717, 1.165) is 70.6 Å². The summed E-state index contributed by atoms with van der Waals surface area (Å²) < 4.78 is 39.6. The quantitative estimate of drug-likeness (QED) is 0.0281. The Labute approximate surface area is 326 Å². The van der Waals surface area contributed by atoms with Crippen molar-refractivity contribution in [1.29, 1.82) is 0 Å². The monoisotopic (exact) mass is 772 g/mol. The van der Waals surface area contributed by atoms with Crippen molar-refractivity contribution in [2.24, 2.45) is 0 Å². The number of unbranched alkanes of at least 4 members (excludes halogenated alkanes) is 22. The average Bonchev–Trinajstić information content (AvgIpc) is 3.16. The fourth-order valence-electron chi connectivity index (χ4n) is 5.88. The van der Waals surface area contributed by atoms with Crippen LogP contribution in [0.1, 0.15) is 194 Å². The van der Waals surface area contributed by atoms with Crippen LogP contribution in [-0.4, -0.2) is 58.6 Å². The Morgan fingerprint density at radius 2 is 0.981 bits per heavy atom. The smallest absolute Gasteiger partial charge is 0.462 e. The van der Waals surface area contributed by atoms with E-state index in [0.29, 0.717) is 13.0 Å². The molecule has 0 rings (SSSR count). The lowest BCUT2D eigenvalue weighted by molar-refractivity contribution is -0.161. The summed E-state index contributed by atoms with van der Waals surface area (Å²) >= 11 is 0. The Morgan fingerprint density at radius 3 is 1.42 bits per heavy atom. The molecule has 0 amide bonds. The van der Waals surface area contributed by atoms with Gasteiger partial charge >= 0.3 is 19.8 Å². The van der Waals surface area contributed by atoms with Crippen LogP contribution < -0.4 is 5.32 Å². The maximum absolute atomic E-state index is 12.8. The number of hydrogen-bond donors (Lipinski definition) is 1. The summed E-state index contributed by atoms with van der Waals surface area (Å²) in [5, 5.41) is 2.90. The van der Waals surface area contributed by atoms with Gasteiger partial charge in [-0.2, -0.15) is 0 Å². The van der Waals surface area contributed by atoms with Crippen molar-refractivity contribution in [2.75, 3.05) is 40.5 Å². The number of likely N-dealkylation sites (N-methyl/N-ethyl adjacent to an activating group) is 1. The summed E-state index contributed by atoms with van der Waals surface area (Å²) in [5.74, 6) is -0.742. The molecule has 53 heavy (non-hydrogen) atoms. The normalized spacial score (nSPS) is 13.5. The van der Waals surface area contributed by atoms with Crippen LogP contribution in [0.15, 0.2) is 24.3 Å². The molecule has 10 heteroatoms. The van der Waals surface area contributed by atoms with Gasteiger partial charge < -0.3 is 14.8 Å². The fourth-order valence-corrected chi connectivity index (χ4v) is 6.82. The lowest BCUT2D eigenvalue weighted by atomic mass is 10.1. The van der Waals surface area contributed by atoms with Gasteiger partial charge in [-0.05, 0) is 71.3 Å². The highest BCUT2D eigenvalue weighted by Crippen LogP contribution is 2.48. The van der Waals surface area contributed by atoms with E-state index in [-0.39, 0.29) is 32.2 Å². The topological polar surface area (TPSA) is 109 Å². The molecule has 312 valence electrons. The third-order valence-electron chi connectivity index (χ3n) is 9.26. The summed E-state index contributed by atoms with van der Waals surface area (Å²) in [5.41, 5.74) is 0. The van der Waals surface area contributed by atoms with Crippen molar-refractivity contribution in [2.45, 2.75) is 200 Å². The molecule has 0 bridgehead atoms. The largest absolute Gasteiger partial charge is 0.474 e. The third kappa shape index (κ3) is 37.2. The molecule has 0 radical (unpaired) electrons. The van der Waals surface area contributed by atoms with Gasteiger partial charge in [0.2, 0.25) is 0 Å². The molecule has 0 heterocycles. The Hall–Kier alpha value is -1.51. The number of rotatable bonds is 41. The molecule has 0 aromatic heterocycles. The number of carbonyl (C=O) groups excluding carboxylic acids is 2. The van der Waals surface area contributed by atoms with Gasteiger partial charge in [0.15, 0.2) is 6.10 Å². The minimum atomic E-state index is -3.86. The van der Waals surface area contributed by atoms with E-state index < -0.39 is 19.9 Å². The number of phosphoric acid groups is 1. The maximum Gasteiger partial charge on any atom is 0.474 e. The summed E-state index contributed by atoms with van der Waals surface area (Å²) in [7, 11) is -0.868. The number of esters is 2. The van der Waals surface area contributed by atoms with E-state index in [9.17, 15) is 14.2 Å². The Bertz CT molecular complexity index is 928. The van der Waals surface area contributed by atoms with Crippen molar-refractivity contribution in [3.05, 3.63) is 24.3 Å². The van der Waals surface area contributed by atoms with Crippen LogP contribution in [0.5, 0.6) is 0 Å². The molecule has 0 aliphatic rings. The van der Waals surface area contributed by atoms with E-state index in [2.05, 4.69) is 43.5 Å². The average molecular weight is 772 g/mol. The van der Waals surface area contributed by atoms with Crippen molar-refractivity contribution >= 4 is 19.8 Å². The second kappa shape index (κ2) is 40.2. The number of nitrogens with one attached hydrogen (secondary N) is 1. The van der Waals surface area contributed by atoms with Gasteiger partial charge in [0.25, 0.3) is 0 Å². The van der Waals surface area contributed by atoms with Gasteiger partial charge in [0.05, 0.1) is 13.2 Å². The number of allylic oxidation sites excluding steroid dienone is 4. The Morgan fingerprint density at radius 1 is 0.566 bits per heavy atom. The first kappa shape index (κ1) is 51.5. The van der Waals surface area contributed by atoms with Gasteiger partial charge in [0, 0.05) is 26.5 Å². The second-order valence-electron chi connectivity index (χ2n) is 14.3. The van der Waals surface area contributed by atoms with Crippen LogP contribution in [0, 0.1) is 0 Å². The number of phosphoric ester groups is 1. The molecular weight excluding hydrogens is 689 g/mol. The number of hydrogen-bond acceptors (Lipinski definition) is 9. The third-order valence-corrected chi connectivity index (χ3v) is 10.7. The summed E-state index contributed by atoms with van der Waals surface area (Å²) in [6.45, 7) is 4.63. The maximum atomic E-state index is 12.8. The van der Waals surface area contributed by atoms with Crippen LogP contribution in [0.2, 0.25) is 0 Å². The molecule has 0 aromatic rings. The first-order chi connectivity index (χ1) is 25.9. The van der Waals surface area contributed by atoms with Gasteiger partial charge in [-0.3, -0.25) is 23.2 Å². The first-order valence-electron chi connectivity index (χ1n) is 21.6. The molecule has 0 saturated heterocycles. The highest BCUT2D eigenvalue weighted by molar-refractivity contribution is 7.48. The van der Waals surface area contributed by atoms with Crippen LogP contribution in [0.3, 0.4) is 0 Å². The van der Waals surface area contributed by atoms with E-state index in [1.807, 2.05) is 0 Å². The van der Waals surface area contributed by atoms with Crippen LogP contribution >= 0.6 is 7.82 Å². The molecule has 0 aromatic carbocycles. The number of ether oxygens (including phenoxy) is 2. The predicted molar refractivity (Wildman–Crippen MR) is 220 cm³/mol. The molecule has 2 atom stereocenters. The lowest BCUT2D eigenvalue weighted by Gasteiger charge is -2.21. The summed E-state index contributed by atoms with van der Waals surface area (Å²) in [4.78, 5) is 25.2. The van der Waals surface area contributed by atoms with E-state index >= 15 is 0 Å². The van der Waals surface area contributed by atoms with Crippen molar-refractivity contribution in [1.82, 2.24) is 5.32 Å². The van der Waals surface area contributed by atoms with Gasteiger partial charge in [-0.25, -0.2) is 4.57 Å². The van der Waals surface area contributed by atoms with Crippen molar-refractivity contribution < 1.29 is 37.2 Å². The summed E-state index contributed by atoms with van der Waals surface area (Å²) in [6, 6.07) is 0. The minimum Gasteiger partial charge on any atom is -0.462 e. The van der Waals surface area contributed by atoms with Crippen LogP contribution in [0.25, 0.3) is 0 Å². The van der Waals surface area contributed by atoms with Gasteiger partial charge in [0.1, 0.15) is 6.61 Å². The molecule has 1 N–H and O–H groups in total. The van der Waals surface area contributed by atoms with E-state index in [1.165, 1.54) is 103 Å². The lowest BCUT2D eigenvalue weighted by Crippen LogP contribution is -2.29. The van der Waals surface area contributed by atoms with Crippen molar-refractivity contribution in [3.8, 4) is 0 Å². The number of carbonyl (C=O) groups is 2. The predicted octanol–water partition coefficient (Wildman–Crippen LogP) is 12.5. The second-order valence-corrected chi connectivity index (χ2v) is 16.1. The Kier molecular flexibility index (Phi) is 39.0. The molecule has 2 unspecified atom stereocenters. The molecule has 9 nitrogen and oxygen atoms in total.